The van der Waals surface area contributed by atoms with Crippen LogP contribution in [0.4, 0.5) is 38.0 Å². The number of nitrogens with one attached hydrogen (secondary N) is 2. The maximum Gasteiger partial charge on any atom is 0.432 e. The number of hydrogen-bond acceptors (Lipinski definition) is 5. The number of nitrogens with zero attached hydrogens (tertiary/aromatic N) is 4. The molecule has 7 nitrogen and oxygen atoms in total. The van der Waals surface area contributed by atoms with Crippen LogP contribution in [-0.2, 0) is 12.4 Å². The number of alkyl halides is 6. The third-order valence-corrected chi connectivity index (χ3v) is 5.04. The third kappa shape index (κ3) is 4.67. The molecule has 0 aliphatic rings. The summed E-state index contributed by atoms with van der Waals surface area (Å²) in [5, 5.41) is 2.93. The zero-order chi connectivity index (χ0) is 25.5. The lowest BCUT2D eigenvalue weighted by molar-refractivity contribution is -0.141. The average Bonchev–Trinajstić information content (AvgIpc) is 3.45. The first-order valence-corrected chi connectivity index (χ1v) is 10.3. The second-order valence-electron chi connectivity index (χ2n) is 7.53. The summed E-state index contributed by atoms with van der Waals surface area (Å²) in [6, 6.07) is 14.2. The summed E-state index contributed by atoms with van der Waals surface area (Å²) in [5.74, 6) is 0.252. The van der Waals surface area contributed by atoms with Crippen LogP contribution in [0.1, 0.15) is 11.3 Å². The predicted octanol–water partition coefficient (Wildman–Crippen LogP) is 6.44. The average molecular weight is 504 g/mol. The molecule has 0 amide bonds. The first kappa shape index (κ1) is 23.2. The van der Waals surface area contributed by atoms with Gasteiger partial charge in [0.2, 0.25) is 5.95 Å². The van der Waals surface area contributed by atoms with Crippen LogP contribution < -0.4 is 10.2 Å². The van der Waals surface area contributed by atoms with Crippen LogP contribution in [0.25, 0.3) is 22.6 Å². The van der Waals surface area contributed by atoms with E-state index in [1.165, 1.54) is 35.2 Å². The number of H-pyrrole nitrogens is 1. The molecule has 0 radical (unpaired) electrons. The fourth-order valence-electron chi connectivity index (χ4n) is 3.35. The van der Waals surface area contributed by atoms with Crippen molar-refractivity contribution in [2.75, 3.05) is 5.32 Å². The molecule has 0 unspecified atom stereocenters. The van der Waals surface area contributed by atoms with Gasteiger partial charge in [-0.2, -0.15) is 26.3 Å². The van der Waals surface area contributed by atoms with Gasteiger partial charge in [0.05, 0.1) is 17.3 Å². The molecule has 0 fully saturated rings. The van der Waals surface area contributed by atoms with Crippen LogP contribution >= 0.6 is 0 Å². The van der Waals surface area contributed by atoms with Gasteiger partial charge in [-0.15, -0.1) is 4.73 Å². The molecule has 36 heavy (non-hydrogen) atoms. The molecule has 184 valence electrons. The van der Waals surface area contributed by atoms with E-state index in [1.807, 2.05) is 0 Å². The Hall–Kier alpha value is -4.55. The molecule has 0 saturated heterocycles. The number of para-hydroxylation sites is 2. The summed E-state index contributed by atoms with van der Waals surface area (Å²) in [7, 11) is 0. The number of pyridine rings is 1. The van der Waals surface area contributed by atoms with Crippen LogP contribution in [0.5, 0.6) is 5.75 Å². The lowest BCUT2D eigenvalue weighted by Gasteiger charge is -2.13. The lowest BCUT2D eigenvalue weighted by atomic mass is 10.2. The summed E-state index contributed by atoms with van der Waals surface area (Å²) in [4.78, 5) is 20.3. The van der Waals surface area contributed by atoms with Gasteiger partial charge in [-0.05, 0) is 36.4 Å². The van der Waals surface area contributed by atoms with E-state index < -0.39 is 23.6 Å². The van der Waals surface area contributed by atoms with Gasteiger partial charge in [-0.1, -0.05) is 12.1 Å². The monoisotopic (exact) mass is 504 g/mol. The number of anilines is 2. The molecule has 3 aromatic heterocycles. The minimum absolute atomic E-state index is 0.102. The Kier molecular flexibility index (Phi) is 5.54. The summed E-state index contributed by atoms with van der Waals surface area (Å²) < 4.78 is 78.7. The molecule has 5 aromatic rings. The van der Waals surface area contributed by atoms with Crippen LogP contribution in [0.2, 0.25) is 0 Å². The summed E-state index contributed by atoms with van der Waals surface area (Å²) in [5.41, 5.74) is -0.328. The molecule has 3 heterocycles. The fraction of sp³-hybridized carbons (Fsp3) is 0.0870. The molecule has 2 aromatic carbocycles. The molecule has 0 aliphatic carbocycles. The van der Waals surface area contributed by atoms with Crippen LogP contribution in [0, 0.1) is 0 Å². The predicted molar refractivity (Wildman–Crippen MR) is 117 cm³/mol. The topological polar surface area (TPSA) is 80.7 Å². The number of halogens is 6. The van der Waals surface area contributed by atoms with Gasteiger partial charge in [0.1, 0.15) is 16.9 Å². The molecular formula is C23H14F6N6O. The Labute approximate surface area is 198 Å². The fourth-order valence-corrected chi connectivity index (χ4v) is 3.35. The van der Waals surface area contributed by atoms with Crippen molar-refractivity contribution in [2.45, 2.75) is 12.4 Å². The van der Waals surface area contributed by atoms with E-state index in [9.17, 15) is 26.3 Å². The minimum Gasteiger partial charge on any atom is -0.372 e. The van der Waals surface area contributed by atoms with Gasteiger partial charge in [0.25, 0.3) is 0 Å². The summed E-state index contributed by atoms with van der Waals surface area (Å²) >= 11 is 0. The molecule has 0 aliphatic heterocycles. The van der Waals surface area contributed by atoms with Crippen molar-refractivity contribution in [3.05, 3.63) is 84.3 Å². The molecule has 0 saturated carbocycles. The summed E-state index contributed by atoms with van der Waals surface area (Å²) in [6.07, 6.45) is -7.06. The summed E-state index contributed by atoms with van der Waals surface area (Å²) in [6.45, 7) is 0. The normalized spacial score (nSPS) is 12.2. The van der Waals surface area contributed by atoms with E-state index in [4.69, 9.17) is 4.84 Å². The van der Waals surface area contributed by atoms with Crippen LogP contribution in [0.3, 0.4) is 0 Å². The zero-order valence-electron chi connectivity index (χ0n) is 17.9. The molecular weight excluding hydrogens is 490 g/mol. The number of imidazole rings is 2. The third-order valence-electron chi connectivity index (χ3n) is 5.04. The van der Waals surface area contributed by atoms with Gasteiger partial charge >= 0.3 is 12.4 Å². The Bertz CT molecular complexity index is 1520. The maximum atomic E-state index is 12.9. The van der Waals surface area contributed by atoms with Crippen LogP contribution in [-0.4, -0.2) is 24.7 Å². The van der Waals surface area contributed by atoms with Gasteiger partial charge in [-0.25, -0.2) is 9.97 Å². The van der Waals surface area contributed by atoms with E-state index in [-0.39, 0.29) is 23.2 Å². The quantitative estimate of drug-likeness (QED) is 0.269. The minimum atomic E-state index is -4.59. The highest BCUT2D eigenvalue weighted by molar-refractivity contribution is 5.79. The molecule has 0 atom stereocenters. The number of aromatic amines is 1. The second kappa shape index (κ2) is 8.59. The van der Waals surface area contributed by atoms with Crippen LogP contribution in [0.15, 0.2) is 73.1 Å². The number of hydrogen-bond donors (Lipinski definition) is 2. The zero-order valence-corrected chi connectivity index (χ0v) is 17.9. The maximum absolute atomic E-state index is 12.9. The second-order valence-corrected chi connectivity index (χ2v) is 7.53. The highest BCUT2D eigenvalue weighted by Gasteiger charge is 2.33. The molecule has 0 bridgehead atoms. The SMILES string of the molecule is FC(F)(F)c1ccc(Nc2nc3ccccc3n2Oc2ccnc(-c3ncc(C(F)(F)F)[nH]3)c2)cc1. The van der Waals surface area contributed by atoms with Crippen molar-refractivity contribution >= 4 is 22.7 Å². The number of fused-ring (bicyclic) bond motifs is 1. The van der Waals surface area contributed by atoms with E-state index in [1.54, 1.807) is 24.3 Å². The van der Waals surface area contributed by atoms with Crippen molar-refractivity contribution < 1.29 is 31.2 Å². The number of aromatic nitrogens is 5. The van der Waals surface area contributed by atoms with Crippen molar-refractivity contribution in [2.24, 2.45) is 0 Å². The Morgan fingerprint density at radius 1 is 0.861 bits per heavy atom. The van der Waals surface area contributed by atoms with Gasteiger partial charge < -0.3 is 15.1 Å². The van der Waals surface area contributed by atoms with Crippen molar-refractivity contribution in [1.29, 1.82) is 0 Å². The first-order chi connectivity index (χ1) is 17.1. The highest BCUT2D eigenvalue weighted by Crippen LogP contribution is 2.32. The van der Waals surface area contributed by atoms with Gasteiger partial charge in [-0.3, -0.25) is 4.98 Å². The van der Waals surface area contributed by atoms with E-state index >= 15 is 0 Å². The molecule has 5 rings (SSSR count). The number of benzene rings is 2. The number of rotatable bonds is 5. The molecule has 0 spiro atoms. The van der Waals surface area contributed by atoms with E-state index in [0.29, 0.717) is 22.9 Å². The van der Waals surface area contributed by atoms with Crippen molar-refractivity contribution in [1.82, 2.24) is 24.7 Å². The van der Waals surface area contributed by atoms with E-state index in [2.05, 4.69) is 25.3 Å². The first-order valence-electron chi connectivity index (χ1n) is 10.3. The smallest absolute Gasteiger partial charge is 0.372 e. The lowest BCUT2D eigenvalue weighted by Crippen LogP contribution is -2.10. The van der Waals surface area contributed by atoms with Gasteiger partial charge in [0, 0.05) is 24.0 Å². The molecule has 13 heteroatoms. The Balaban J connectivity index is 1.47. The highest BCUT2D eigenvalue weighted by atomic mass is 19.4. The van der Waals surface area contributed by atoms with Gasteiger partial charge in [0.15, 0.2) is 11.6 Å². The Morgan fingerprint density at radius 2 is 1.61 bits per heavy atom. The van der Waals surface area contributed by atoms with Crippen molar-refractivity contribution in [3.8, 4) is 17.3 Å². The standard InChI is InChI=1S/C23H14F6N6O/c24-22(25,26)13-5-7-14(8-6-13)32-21-33-16-3-1-2-4-18(16)35(21)36-15-9-10-30-17(11-15)20-31-12-19(34-20)23(27,28)29/h1-12H,(H,31,34)(H,32,33). The Morgan fingerprint density at radius 3 is 2.31 bits per heavy atom. The van der Waals surface area contributed by atoms with E-state index in [0.717, 1.165) is 12.1 Å². The molecule has 2 N–H and O–H groups in total. The largest absolute Gasteiger partial charge is 0.432 e. The van der Waals surface area contributed by atoms with Crippen molar-refractivity contribution in [3.63, 3.8) is 0 Å².